The standard InChI is InChI=1S/C27H25ClN2O3/c1-18-6-8-20(9-7-18)27(31)29-24-22-4-2-3-5-23(22)33-26(24)25(30-14-16-32-17-15-30)19-10-12-21(28)13-11-19/h2-13,25H,14-17H2,1H3,(H,29,31). The molecular formula is C27H25ClN2O3. The lowest BCUT2D eigenvalue weighted by atomic mass is 10.00. The molecule has 168 valence electrons. The predicted molar refractivity (Wildman–Crippen MR) is 131 cm³/mol. The Labute approximate surface area is 197 Å². The second-order valence-electron chi connectivity index (χ2n) is 8.26. The monoisotopic (exact) mass is 460 g/mol. The molecule has 1 aliphatic rings. The van der Waals surface area contributed by atoms with E-state index in [0.717, 1.165) is 35.2 Å². The summed E-state index contributed by atoms with van der Waals surface area (Å²) < 4.78 is 12.0. The second-order valence-corrected chi connectivity index (χ2v) is 8.70. The molecule has 33 heavy (non-hydrogen) atoms. The SMILES string of the molecule is Cc1ccc(C(=O)Nc2c(C(c3ccc(Cl)cc3)N3CCOCC3)oc3ccccc23)cc1. The summed E-state index contributed by atoms with van der Waals surface area (Å²) >= 11 is 6.18. The molecule has 1 aliphatic heterocycles. The molecule has 0 radical (unpaired) electrons. The van der Waals surface area contributed by atoms with Gasteiger partial charge in [-0.25, -0.2) is 0 Å². The van der Waals surface area contributed by atoms with E-state index in [2.05, 4.69) is 10.2 Å². The van der Waals surface area contributed by atoms with Gasteiger partial charge in [-0.2, -0.15) is 0 Å². The van der Waals surface area contributed by atoms with Gasteiger partial charge < -0.3 is 14.5 Å². The molecule has 2 heterocycles. The summed E-state index contributed by atoms with van der Waals surface area (Å²) in [5.41, 5.74) is 4.19. The zero-order valence-electron chi connectivity index (χ0n) is 18.4. The van der Waals surface area contributed by atoms with Crippen LogP contribution in [0.5, 0.6) is 0 Å². The van der Waals surface area contributed by atoms with Crippen LogP contribution in [0.2, 0.25) is 5.02 Å². The van der Waals surface area contributed by atoms with Gasteiger partial charge in [0.15, 0.2) is 0 Å². The van der Waals surface area contributed by atoms with E-state index in [1.165, 1.54) is 0 Å². The van der Waals surface area contributed by atoms with Crippen LogP contribution in [-0.2, 0) is 4.74 Å². The Hall–Kier alpha value is -3.12. The Balaban J connectivity index is 1.62. The molecule has 1 amide bonds. The molecule has 1 saturated heterocycles. The van der Waals surface area contributed by atoms with Gasteiger partial charge in [-0.1, -0.05) is 53.6 Å². The summed E-state index contributed by atoms with van der Waals surface area (Å²) in [6.07, 6.45) is 0. The largest absolute Gasteiger partial charge is 0.457 e. The van der Waals surface area contributed by atoms with Crippen LogP contribution in [0.4, 0.5) is 5.69 Å². The lowest BCUT2D eigenvalue weighted by Crippen LogP contribution is -2.39. The fraction of sp³-hybridized carbons (Fsp3) is 0.222. The number of hydrogen-bond donors (Lipinski definition) is 1. The number of hydrogen-bond acceptors (Lipinski definition) is 4. The maximum Gasteiger partial charge on any atom is 0.255 e. The number of halogens is 1. The summed E-state index contributed by atoms with van der Waals surface area (Å²) in [6.45, 7) is 4.82. The number of carbonyl (C=O) groups excluding carboxylic acids is 1. The predicted octanol–water partition coefficient (Wildman–Crippen LogP) is 6.07. The highest BCUT2D eigenvalue weighted by molar-refractivity contribution is 6.30. The van der Waals surface area contributed by atoms with E-state index >= 15 is 0 Å². The van der Waals surface area contributed by atoms with Gasteiger partial charge >= 0.3 is 0 Å². The van der Waals surface area contributed by atoms with Gasteiger partial charge in [0.25, 0.3) is 5.91 Å². The van der Waals surface area contributed by atoms with Gasteiger partial charge in [-0.15, -0.1) is 0 Å². The van der Waals surface area contributed by atoms with Crippen LogP contribution in [0.1, 0.15) is 33.3 Å². The molecule has 0 spiro atoms. The van der Waals surface area contributed by atoms with Crippen molar-refractivity contribution in [3.05, 3.63) is 100 Å². The smallest absolute Gasteiger partial charge is 0.255 e. The molecule has 0 bridgehead atoms. The van der Waals surface area contributed by atoms with Gasteiger partial charge in [0.1, 0.15) is 11.3 Å². The number of nitrogens with one attached hydrogen (secondary N) is 1. The molecule has 1 aromatic heterocycles. The number of fused-ring (bicyclic) bond motifs is 1. The van der Waals surface area contributed by atoms with Crippen LogP contribution in [0.3, 0.4) is 0 Å². The number of ether oxygens (including phenoxy) is 1. The first-order chi connectivity index (χ1) is 16.1. The molecule has 1 N–H and O–H groups in total. The van der Waals surface area contributed by atoms with E-state index in [4.69, 9.17) is 20.8 Å². The lowest BCUT2D eigenvalue weighted by molar-refractivity contribution is 0.0206. The van der Waals surface area contributed by atoms with Crippen molar-refractivity contribution in [1.82, 2.24) is 4.90 Å². The zero-order valence-corrected chi connectivity index (χ0v) is 19.1. The molecular weight excluding hydrogens is 436 g/mol. The van der Waals surface area contributed by atoms with Crippen LogP contribution < -0.4 is 5.32 Å². The fourth-order valence-electron chi connectivity index (χ4n) is 4.29. The minimum absolute atomic E-state index is 0.167. The molecule has 5 nitrogen and oxygen atoms in total. The normalized spacial score (nSPS) is 15.5. The first-order valence-corrected chi connectivity index (χ1v) is 11.4. The summed E-state index contributed by atoms with van der Waals surface area (Å²) in [6, 6.07) is 23.0. The first-order valence-electron chi connectivity index (χ1n) is 11.1. The maximum atomic E-state index is 13.2. The van der Waals surface area contributed by atoms with Crippen LogP contribution in [0, 0.1) is 6.92 Å². The van der Waals surface area contributed by atoms with Gasteiger partial charge in [0.05, 0.1) is 24.9 Å². The van der Waals surface area contributed by atoms with Crippen molar-refractivity contribution >= 4 is 34.2 Å². The van der Waals surface area contributed by atoms with Crippen LogP contribution in [0.15, 0.2) is 77.2 Å². The van der Waals surface area contributed by atoms with E-state index in [-0.39, 0.29) is 11.9 Å². The third-order valence-electron chi connectivity index (χ3n) is 6.02. The Morgan fingerprint density at radius 3 is 2.39 bits per heavy atom. The summed E-state index contributed by atoms with van der Waals surface area (Å²) in [7, 11) is 0. The number of rotatable bonds is 5. The third-order valence-corrected chi connectivity index (χ3v) is 6.27. The molecule has 6 heteroatoms. The van der Waals surface area contributed by atoms with Crippen LogP contribution in [0.25, 0.3) is 11.0 Å². The third kappa shape index (κ3) is 4.53. The van der Waals surface area contributed by atoms with Crippen LogP contribution >= 0.6 is 11.6 Å². The minimum atomic E-state index is -0.188. The highest BCUT2D eigenvalue weighted by Crippen LogP contribution is 2.41. The Morgan fingerprint density at radius 2 is 1.67 bits per heavy atom. The Bertz CT molecular complexity index is 1260. The average molecular weight is 461 g/mol. The van der Waals surface area contributed by atoms with Crippen molar-refractivity contribution in [2.45, 2.75) is 13.0 Å². The average Bonchev–Trinajstić information content (AvgIpc) is 3.19. The fourth-order valence-corrected chi connectivity index (χ4v) is 4.41. The number of aryl methyl sites for hydroxylation is 1. The molecule has 0 aliphatic carbocycles. The number of para-hydroxylation sites is 1. The van der Waals surface area contributed by atoms with Crippen molar-refractivity contribution in [3.63, 3.8) is 0 Å². The maximum absolute atomic E-state index is 13.2. The van der Waals surface area contributed by atoms with Gasteiger partial charge in [-0.3, -0.25) is 9.69 Å². The number of anilines is 1. The zero-order chi connectivity index (χ0) is 22.8. The minimum Gasteiger partial charge on any atom is -0.457 e. The number of carbonyl (C=O) groups is 1. The van der Waals surface area contributed by atoms with Crippen molar-refractivity contribution in [3.8, 4) is 0 Å². The number of nitrogens with zero attached hydrogens (tertiary/aromatic N) is 1. The number of furan rings is 1. The Morgan fingerprint density at radius 1 is 0.970 bits per heavy atom. The van der Waals surface area contributed by atoms with E-state index in [9.17, 15) is 4.79 Å². The molecule has 3 aromatic carbocycles. The summed E-state index contributed by atoms with van der Waals surface area (Å²) in [5, 5.41) is 4.71. The van der Waals surface area contributed by atoms with Crippen molar-refractivity contribution in [1.29, 1.82) is 0 Å². The molecule has 1 fully saturated rings. The highest BCUT2D eigenvalue weighted by atomic mass is 35.5. The van der Waals surface area contributed by atoms with E-state index in [1.807, 2.05) is 79.7 Å². The van der Waals surface area contributed by atoms with E-state index < -0.39 is 0 Å². The van der Waals surface area contributed by atoms with Gasteiger partial charge in [-0.05, 0) is 48.9 Å². The summed E-state index contributed by atoms with van der Waals surface area (Å²) in [5.74, 6) is 0.542. The van der Waals surface area contributed by atoms with Crippen molar-refractivity contribution in [2.24, 2.45) is 0 Å². The summed E-state index contributed by atoms with van der Waals surface area (Å²) in [4.78, 5) is 15.5. The number of benzene rings is 3. The first kappa shape index (κ1) is 21.7. The van der Waals surface area contributed by atoms with Crippen LogP contribution in [-0.4, -0.2) is 37.1 Å². The highest BCUT2D eigenvalue weighted by Gasteiger charge is 2.31. The lowest BCUT2D eigenvalue weighted by Gasteiger charge is -2.34. The van der Waals surface area contributed by atoms with E-state index in [1.54, 1.807) is 0 Å². The van der Waals surface area contributed by atoms with Gasteiger partial charge in [0, 0.05) is 29.1 Å². The molecule has 5 rings (SSSR count). The number of amides is 1. The molecule has 4 aromatic rings. The number of morpholine rings is 1. The topological polar surface area (TPSA) is 54.7 Å². The molecule has 1 unspecified atom stereocenters. The Kier molecular flexibility index (Phi) is 6.18. The molecule has 0 saturated carbocycles. The van der Waals surface area contributed by atoms with Gasteiger partial charge in [0.2, 0.25) is 0 Å². The molecule has 1 atom stereocenters. The second kappa shape index (κ2) is 9.40. The van der Waals surface area contributed by atoms with Crippen molar-refractivity contribution in [2.75, 3.05) is 31.6 Å². The quantitative estimate of drug-likeness (QED) is 0.393. The van der Waals surface area contributed by atoms with Crippen molar-refractivity contribution < 1.29 is 13.9 Å². The van der Waals surface area contributed by atoms with E-state index in [0.29, 0.717) is 35.2 Å².